The molecule has 2 aliphatic rings. The standard InChI is InChI=1S/C20H25N3O3/c1-13-9-21-14(2)19(22-13)16-7-17-11-23(10-15-3-5-25-12-15)4-6-26-20(17)18(24)8-16/h7-9,15,24H,3-6,10-12H2,1-2H3/t15-/m1/s1. The van der Waals surface area contributed by atoms with Gasteiger partial charge in [0.05, 0.1) is 23.7 Å². The van der Waals surface area contributed by atoms with Gasteiger partial charge in [0.15, 0.2) is 11.5 Å². The Kier molecular flexibility index (Phi) is 4.78. The van der Waals surface area contributed by atoms with Crippen molar-refractivity contribution in [2.75, 3.05) is 32.9 Å². The van der Waals surface area contributed by atoms with Crippen LogP contribution in [0.25, 0.3) is 11.3 Å². The van der Waals surface area contributed by atoms with Crippen molar-refractivity contribution in [1.82, 2.24) is 14.9 Å². The predicted molar refractivity (Wildman–Crippen MR) is 98.3 cm³/mol. The molecule has 0 spiro atoms. The van der Waals surface area contributed by atoms with Gasteiger partial charge in [-0.1, -0.05) is 0 Å². The maximum atomic E-state index is 10.5. The number of benzene rings is 1. The van der Waals surface area contributed by atoms with Crippen LogP contribution in [0.5, 0.6) is 11.5 Å². The molecule has 0 aliphatic carbocycles. The Morgan fingerprint density at radius 1 is 1.27 bits per heavy atom. The summed E-state index contributed by atoms with van der Waals surface area (Å²) in [7, 11) is 0. The maximum Gasteiger partial charge on any atom is 0.165 e. The molecule has 3 heterocycles. The van der Waals surface area contributed by atoms with Crippen LogP contribution in [0.2, 0.25) is 0 Å². The van der Waals surface area contributed by atoms with Gasteiger partial charge in [0.25, 0.3) is 0 Å². The number of hydrogen-bond acceptors (Lipinski definition) is 6. The summed E-state index contributed by atoms with van der Waals surface area (Å²) >= 11 is 0. The van der Waals surface area contributed by atoms with Crippen LogP contribution in [-0.4, -0.2) is 52.9 Å². The van der Waals surface area contributed by atoms with E-state index in [-0.39, 0.29) is 5.75 Å². The number of rotatable bonds is 3. The van der Waals surface area contributed by atoms with Crippen molar-refractivity contribution in [2.24, 2.45) is 5.92 Å². The summed E-state index contributed by atoms with van der Waals surface area (Å²) in [4.78, 5) is 11.4. The molecular formula is C20H25N3O3. The minimum atomic E-state index is 0.172. The third-order valence-electron chi connectivity index (χ3n) is 5.08. The first-order valence-corrected chi connectivity index (χ1v) is 9.19. The minimum absolute atomic E-state index is 0.172. The van der Waals surface area contributed by atoms with Crippen LogP contribution in [0, 0.1) is 19.8 Å². The quantitative estimate of drug-likeness (QED) is 0.913. The average molecular weight is 355 g/mol. The summed E-state index contributed by atoms with van der Waals surface area (Å²) in [5, 5.41) is 10.5. The molecule has 1 fully saturated rings. The Bertz CT molecular complexity index is 803. The second kappa shape index (κ2) is 7.21. The second-order valence-electron chi connectivity index (χ2n) is 7.24. The monoisotopic (exact) mass is 355 g/mol. The van der Waals surface area contributed by atoms with Gasteiger partial charge in [-0.25, -0.2) is 4.98 Å². The molecule has 0 bridgehead atoms. The van der Waals surface area contributed by atoms with E-state index in [2.05, 4.69) is 20.9 Å². The van der Waals surface area contributed by atoms with E-state index < -0.39 is 0 Å². The summed E-state index contributed by atoms with van der Waals surface area (Å²) in [6.45, 7) is 8.75. The van der Waals surface area contributed by atoms with Crippen molar-refractivity contribution in [1.29, 1.82) is 0 Å². The molecule has 6 nitrogen and oxygen atoms in total. The van der Waals surface area contributed by atoms with Crippen LogP contribution < -0.4 is 4.74 Å². The van der Waals surface area contributed by atoms with Crippen LogP contribution in [-0.2, 0) is 11.3 Å². The Balaban J connectivity index is 1.65. The van der Waals surface area contributed by atoms with Crippen LogP contribution in [0.3, 0.4) is 0 Å². The lowest BCUT2D eigenvalue weighted by Gasteiger charge is -2.22. The summed E-state index contributed by atoms with van der Waals surface area (Å²) in [6, 6.07) is 3.81. The molecule has 138 valence electrons. The zero-order valence-corrected chi connectivity index (χ0v) is 15.4. The number of phenolic OH excluding ortho intramolecular Hbond substituents is 1. The van der Waals surface area contributed by atoms with Crippen molar-refractivity contribution in [3.05, 3.63) is 35.3 Å². The predicted octanol–water partition coefficient (Wildman–Crippen LogP) is 2.70. The summed E-state index contributed by atoms with van der Waals surface area (Å²) in [5.41, 5.74) is 4.40. The highest BCUT2D eigenvalue weighted by Gasteiger charge is 2.24. The van der Waals surface area contributed by atoms with Crippen molar-refractivity contribution >= 4 is 0 Å². The van der Waals surface area contributed by atoms with E-state index in [0.29, 0.717) is 18.3 Å². The molecule has 1 aromatic carbocycles. The lowest BCUT2D eigenvalue weighted by molar-refractivity contribution is 0.159. The van der Waals surface area contributed by atoms with Crippen molar-refractivity contribution in [3.63, 3.8) is 0 Å². The van der Waals surface area contributed by atoms with Gasteiger partial charge in [-0.05, 0) is 38.3 Å². The molecule has 1 aromatic heterocycles. The number of aromatic nitrogens is 2. The number of fused-ring (bicyclic) bond motifs is 1. The first-order chi connectivity index (χ1) is 12.6. The average Bonchev–Trinajstić information content (AvgIpc) is 3.03. The van der Waals surface area contributed by atoms with Crippen LogP contribution in [0.1, 0.15) is 23.4 Å². The molecule has 26 heavy (non-hydrogen) atoms. The number of ether oxygens (including phenoxy) is 2. The molecule has 0 amide bonds. The lowest BCUT2D eigenvalue weighted by Crippen LogP contribution is -2.31. The normalized spacial score (nSPS) is 20.5. The first kappa shape index (κ1) is 17.2. The molecule has 1 N–H and O–H groups in total. The van der Waals surface area contributed by atoms with Gasteiger partial charge in [-0.15, -0.1) is 0 Å². The van der Waals surface area contributed by atoms with Crippen molar-refractivity contribution in [2.45, 2.75) is 26.8 Å². The van der Waals surface area contributed by atoms with Crippen LogP contribution in [0.4, 0.5) is 0 Å². The van der Waals surface area contributed by atoms with E-state index in [0.717, 1.165) is 67.5 Å². The highest BCUT2D eigenvalue weighted by molar-refractivity contribution is 5.67. The number of hydrogen-bond donors (Lipinski definition) is 1. The van der Waals surface area contributed by atoms with Gasteiger partial charge >= 0.3 is 0 Å². The fraction of sp³-hybridized carbons (Fsp3) is 0.500. The first-order valence-electron chi connectivity index (χ1n) is 9.19. The number of nitrogens with zero attached hydrogens (tertiary/aromatic N) is 3. The fourth-order valence-corrected chi connectivity index (χ4v) is 3.75. The van der Waals surface area contributed by atoms with Crippen molar-refractivity contribution in [3.8, 4) is 22.8 Å². The van der Waals surface area contributed by atoms with Crippen LogP contribution in [0.15, 0.2) is 18.3 Å². The molecular weight excluding hydrogens is 330 g/mol. The molecule has 2 aliphatic heterocycles. The smallest absolute Gasteiger partial charge is 0.165 e. The van der Waals surface area contributed by atoms with Gasteiger partial charge in [0.1, 0.15) is 6.61 Å². The Morgan fingerprint density at radius 3 is 2.96 bits per heavy atom. The number of phenols is 1. The van der Waals surface area contributed by atoms with E-state index >= 15 is 0 Å². The topological polar surface area (TPSA) is 67.7 Å². The lowest BCUT2D eigenvalue weighted by atomic mass is 10.0. The number of aromatic hydroxyl groups is 1. The van der Waals surface area contributed by atoms with E-state index in [1.807, 2.05) is 13.8 Å². The highest BCUT2D eigenvalue weighted by Crippen LogP contribution is 2.38. The van der Waals surface area contributed by atoms with Gasteiger partial charge in [0.2, 0.25) is 0 Å². The Labute approximate surface area is 153 Å². The molecule has 0 radical (unpaired) electrons. The van der Waals surface area contributed by atoms with Gasteiger partial charge in [-0.2, -0.15) is 0 Å². The van der Waals surface area contributed by atoms with Gasteiger partial charge in [-0.3, -0.25) is 9.88 Å². The van der Waals surface area contributed by atoms with E-state index in [1.165, 1.54) is 0 Å². The second-order valence-corrected chi connectivity index (χ2v) is 7.24. The van der Waals surface area contributed by atoms with Crippen molar-refractivity contribution < 1.29 is 14.6 Å². The molecule has 2 aromatic rings. The Hall–Kier alpha value is -2.18. The fourth-order valence-electron chi connectivity index (χ4n) is 3.75. The molecule has 4 rings (SSSR count). The minimum Gasteiger partial charge on any atom is -0.504 e. The van der Waals surface area contributed by atoms with E-state index in [4.69, 9.17) is 9.47 Å². The van der Waals surface area contributed by atoms with E-state index in [1.54, 1.807) is 12.3 Å². The zero-order chi connectivity index (χ0) is 18.1. The highest BCUT2D eigenvalue weighted by atomic mass is 16.5. The maximum absolute atomic E-state index is 10.5. The largest absolute Gasteiger partial charge is 0.504 e. The molecule has 0 unspecified atom stereocenters. The molecule has 1 saturated heterocycles. The van der Waals surface area contributed by atoms with Crippen LogP contribution >= 0.6 is 0 Å². The van der Waals surface area contributed by atoms with Gasteiger partial charge in [0, 0.05) is 43.6 Å². The molecule has 6 heteroatoms. The summed E-state index contributed by atoms with van der Waals surface area (Å²) < 4.78 is 11.4. The number of aryl methyl sites for hydroxylation is 2. The third kappa shape index (κ3) is 3.52. The summed E-state index contributed by atoms with van der Waals surface area (Å²) in [5.74, 6) is 1.35. The third-order valence-corrected chi connectivity index (χ3v) is 5.08. The Morgan fingerprint density at radius 2 is 2.15 bits per heavy atom. The van der Waals surface area contributed by atoms with E-state index in [9.17, 15) is 5.11 Å². The zero-order valence-electron chi connectivity index (χ0n) is 15.4. The molecule has 0 saturated carbocycles. The summed E-state index contributed by atoms with van der Waals surface area (Å²) in [6.07, 6.45) is 2.88. The SMILES string of the molecule is Cc1cnc(C)c(-c2cc(O)c3c(c2)CN(C[C@H]2CCOC2)CCO3)n1. The molecule has 1 atom stereocenters. The van der Waals surface area contributed by atoms with Gasteiger partial charge < -0.3 is 14.6 Å².